The van der Waals surface area contributed by atoms with Crippen molar-refractivity contribution in [2.24, 2.45) is 16.2 Å². The molecule has 0 aromatic heterocycles. The number of ketones is 3. The zero-order valence-electron chi connectivity index (χ0n) is 23.4. The van der Waals surface area contributed by atoms with Crippen molar-refractivity contribution in [1.29, 1.82) is 0 Å². The van der Waals surface area contributed by atoms with Crippen LogP contribution in [0.5, 0.6) is 0 Å². The first-order valence-corrected chi connectivity index (χ1v) is 13.2. The fraction of sp³-hybridized carbons (Fsp3) is 0.667. The van der Waals surface area contributed by atoms with Gasteiger partial charge >= 0.3 is 15.1 Å². The lowest BCUT2D eigenvalue weighted by molar-refractivity contribution is -0.117. The van der Waals surface area contributed by atoms with Gasteiger partial charge < -0.3 is 11.4 Å². The quantitative estimate of drug-likeness (QED) is 0.170. The monoisotopic (exact) mass is 492 g/mol. The summed E-state index contributed by atoms with van der Waals surface area (Å²) >= 11 is -2.90. The van der Waals surface area contributed by atoms with E-state index >= 15 is 0 Å². The minimum Gasteiger partial charge on any atom is -0.580 e. The maximum Gasteiger partial charge on any atom is 1.20 e. The van der Waals surface area contributed by atoms with Crippen LogP contribution in [0.3, 0.4) is 0 Å². The van der Waals surface area contributed by atoms with Gasteiger partial charge in [-0.3, -0.25) is 14.4 Å². The summed E-state index contributed by atoms with van der Waals surface area (Å²) in [6.45, 7) is 22.9. The van der Waals surface area contributed by atoms with Gasteiger partial charge in [-0.15, -0.1) is 0 Å². The van der Waals surface area contributed by atoms with Crippen molar-refractivity contribution in [2.75, 3.05) is 0 Å². The molecule has 0 heterocycles. The molecule has 0 N–H and O–H groups in total. The van der Waals surface area contributed by atoms with Crippen LogP contribution < -0.4 is 0 Å². The summed E-state index contributed by atoms with van der Waals surface area (Å²) in [7, 11) is 0. The SMILES string of the molecule is C/C(=C/C(=O)CC(C)(C)C)[O][Al]([O]/C(C)=C\C(=O)CC(C)(C)C)[O]/C(C)=C\C(=O)CC(C)(C)C. The molecule has 7 heteroatoms. The molecule has 0 bridgehead atoms. The third-order valence-corrected chi connectivity index (χ3v) is 5.75. The van der Waals surface area contributed by atoms with Gasteiger partial charge in [-0.2, -0.15) is 0 Å². The fourth-order valence-electron chi connectivity index (χ4n) is 3.03. The highest BCUT2D eigenvalue weighted by molar-refractivity contribution is 6.37. The number of hydrogen-bond donors (Lipinski definition) is 0. The third-order valence-electron chi connectivity index (χ3n) is 4.05. The highest BCUT2D eigenvalue weighted by Gasteiger charge is 2.44. The normalized spacial score (nSPS) is 13.9. The van der Waals surface area contributed by atoms with Crippen molar-refractivity contribution in [1.82, 2.24) is 0 Å². The van der Waals surface area contributed by atoms with Crippen molar-refractivity contribution >= 4 is 32.5 Å². The first kappa shape index (κ1) is 32.2. The van der Waals surface area contributed by atoms with Crippen molar-refractivity contribution < 1.29 is 25.7 Å². The summed E-state index contributed by atoms with van der Waals surface area (Å²) in [5, 5.41) is 0. The Bertz CT molecular complexity index is 704. The maximum absolute atomic E-state index is 12.3. The lowest BCUT2D eigenvalue weighted by Gasteiger charge is -2.19. The van der Waals surface area contributed by atoms with Gasteiger partial charge in [0.25, 0.3) is 0 Å². The lowest BCUT2D eigenvalue weighted by Crippen LogP contribution is -2.26. The smallest absolute Gasteiger partial charge is 0.580 e. The predicted octanol–water partition coefficient (Wildman–Crippen LogP) is 6.75. The van der Waals surface area contributed by atoms with Gasteiger partial charge in [0.2, 0.25) is 0 Å². The van der Waals surface area contributed by atoms with Gasteiger partial charge in [-0.05, 0) is 37.0 Å². The molecule has 0 aromatic carbocycles. The van der Waals surface area contributed by atoms with Crippen LogP contribution in [0.1, 0.15) is 102 Å². The van der Waals surface area contributed by atoms with E-state index in [1.54, 1.807) is 20.8 Å². The van der Waals surface area contributed by atoms with Crippen LogP contribution in [-0.2, 0) is 25.7 Å². The summed E-state index contributed by atoms with van der Waals surface area (Å²) in [6, 6.07) is 0. The lowest BCUT2D eigenvalue weighted by atomic mass is 9.90. The Balaban J connectivity index is 5.60. The predicted molar refractivity (Wildman–Crippen MR) is 138 cm³/mol. The summed E-state index contributed by atoms with van der Waals surface area (Å²) in [4.78, 5) is 37.0. The molecular formula is C27H45AlO6. The van der Waals surface area contributed by atoms with Crippen LogP contribution in [0.15, 0.2) is 35.5 Å². The second kappa shape index (κ2) is 13.3. The highest BCUT2D eigenvalue weighted by atomic mass is 27.3. The molecule has 0 amide bonds. The van der Waals surface area contributed by atoms with Crippen LogP contribution in [0.4, 0.5) is 0 Å². The van der Waals surface area contributed by atoms with Gasteiger partial charge in [0, 0.05) is 37.5 Å². The zero-order chi connectivity index (χ0) is 26.9. The Labute approximate surface area is 212 Å². The van der Waals surface area contributed by atoms with E-state index in [9.17, 15) is 14.4 Å². The number of carbonyl (C=O) groups is 3. The first-order valence-electron chi connectivity index (χ1n) is 11.8. The molecule has 192 valence electrons. The third kappa shape index (κ3) is 18.6. The molecule has 0 aliphatic rings. The molecule has 0 fully saturated rings. The maximum atomic E-state index is 12.3. The molecule has 0 rings (SSSR count). The second-order valence-corrected chi connectivity index (χ2v) is 13.8. The van der Waals surface area contributed by atoms with E-state index in [1.165, 1.54) is 18.2 Å². The standard InChI is InChI=1S/3C9H16O2.Al/c3*1-7(10)5-8(11)6-9(2,3)4;/h3*5,10H,6H2,1-4H3;/q;;;+3/p-3/b3*7-5-;. The number of rotatable bonds is 12. The van der Waals surface area contributed by atoms with E-state index in [1.807, 2.05) is 62.3 Å². The topological polar surface area (TPSA) is 78.9 Å². The molecule has 0 aromatic rings. The minimum atomic E-state index is -2.90. The Kier molecular flexibility index (Phi) is 12.6. The highest BCUT2D eigenvalue weighted by Crippen LogP contribution is 2.22. The fourth-order valence-corrected chi connectivity index (χ4v) is 4.29. The zero-order valence-corrected chi connectivity index (χ0v) is 24.5. The van der Waals surface area contributed by atoms with Crippen LogP contribution in [0, 0.1) is 16.2 Å². The van der Waals surface area contributed by atoms with E-state index in [2.05, 4.69) is 0 Å². The molecule has 0 spiro atoms. The second-order valence-electron chi connectivity index (χ2n) is 12.5. The van der Waals surface area contributed by atoms with Crippen LogP contribution >= 0.6 is 0 Å². The Morgan fingerprint density at radius 3 is 0.912 bits per heavy atom. The van der Waals surface area contributed by atoms with E-state index in [-0.39, 0.29) is 33.6 Å². The Hall–Kier alpha value is -1.84. The molecular weight excluding hydrogens is 447 g/mol. The van der Waals surface area contributed by atoms with Crippen molar-refractivity contribution in [2.45, 2.75) is 102 Å². The summed E-state index contributed by atoms with van der Waals surface area (Å²) in [6.07, 6.45) is 5.44. The largest absolute Gasteiger partial charge is 1.20 e. The van der Waals surface area contributed by atoms with Crippen molar-refractivity contribution in [3.05, 3.63) is 35.5 Å². The van der Waals surface area contributed by atoms with E-state index in [4.69, 9.17) is 11.4 Å². The van der Waals surface area contributed by atoms with E-state index in [0.29, 0.717) is 36.5 Å². The molecule has 0 aliphatic heterocycles. The number of carbonyl (C=O) groups excluding carboxylic acids is 3. The molecule has 0 aliphatic carbocycles. The van der Waals surface area contributed by atoms with Gasteiger partial charge in [0.15, 0.2) is 17.3 Å². The molecule has 6 nitrogen and oxygen atoms in total. The van der Waals surface area contributed by atoms with Crippen molar-refractivity contribution in [3.63, 3.8) is 0 Å². The van der Waals surface area contributed by atoms with Gasteiger partial charge in [0.1, 0.15) is 0 Å². The summed E-state index contributed by atoms with van der Waals surface area (Å²) in [5.74, 6) is 0.935. The van der Waals surface area contributed by atoms with E-state index < -0.39 is 15.1 Å². The van der Waals surface area contributed by atoms with E-state index in [0.717, 1.165) is 0 Å². The number of hydrogen-bond acceptors (Lipinski definition) is 6. The number of allylic oxidation sites excluding steroid dienone is 6. The van der Waals surface area contributed by atoms with Crippen LogP contribution in [0.25, 0.3) is 0 Å². The molecule has 0 atom stereocenters. The molecule has 0 radical (unpaired) electrons. The summed E-state index contributed by atoms with van der Waals surface area (Å²) < 4.78 is 17.6. The van der Waals surface area contributed by atoms with Crippen LogP contribution in [0.2, 0.25) is 0 Å². The molecule has 0 saturated heterocycles. The van der Waals surface area contributed by atoms with Gasteiger partial charge in [0.05, 0.1) is 17.3 Å². The molecule has 34 heavy (non-hydrogen) atoms. The van der Waals surface area contributed by atoms with Gasteiger partial charge in [-0.1, -0.05) is 62.3 Å². The van der Waals surface area contributed by atoms with Crippen molar-refractivity contribution in [3.8, 4) is 0 Å². The van der Waals surface area contributed by atoms with Gasteiger partial charge in [-0.25, -0.2) is 0 Å². The first-order chi connectivity index (χ1) is 15.1. The molecule has 0 unspecified atom stereocenters. The Morgan fingerprint density at radius 1 is 0.529 bits per heavy atom. The molecule has 0 saturated carbocycles. The minimum absolute atomic E-state index is 0.0574. The average Bonchev–Trinajstić information content (AvgIpc) is 2.47. The average molecular weight is 493 g/mol. The van der Waals surface area contributed by atoms with Crippen LogP contribution in [-0.4, -0.2) is 32.5 Å². The summed E-state index contributed by atoms with van der Waals surface area (Å²) in [5.41, 5.74) is -0.425. The Morgan fingerprint density at radius 2 is 0.735 bits per heavy atom.